The van der Waals surface area contributed by atoms with Crippen molar-refractivity contribution in [3.8, 4) is 17.0 Å². The summed E-state index contributed by atoms with van der Waals surface area (Å²) < 4.78 is 75.0. The largest absolute Gasteiger partial charge is 0.466 e. The van der Waals surface area contributed by atoms with Crippen LogP contribution < -0.4 is 9.64 Å². The third-order valence-corrected chi connectivity index (χ3v) is 7.71. The number of rotatable bonds is 10. The highest BCUT2D eigenvalue weighted by Gasteiger charge is 2.36. The third kappa shape index (κ3) is 7.34. The molecular weight excluding hydrogens is 571 g/mol. The number of carbonyl (C=O) groups is 2. The van der Waals surface area contributed by atoms with E-state index in [1.165, 1.54) is 29.8 Å². The molecule has 0 unspecified atom stereocenters. The maximum atomic E-state index is 13.5. The van der Waals surface area contributed by atoms with E-state index < -0.39 is 24.1 Å². The first-order chi connectivity index (χ1) is 19.5. The highest BCUT2D eigenvalue weighted by atomic mass is 32.1. The molecule has 220 valence electrons. The van der Waals surface area contributed by atoms with Crippen LogP contribution >= 0.6 is 11.3 Å². The molecule has 0 amide bonds. The minimum Gasteiger partial charge on any atom is -0.466 e. The van der Waals surface area contributed by atoms with Crippen molar-refractivity contribution in [2.45, 2.75) is 52.3 Å². The van der Waals surface area contributed by atoms with E-state index in [4.69, 9.17) is 4.74 Å². The summed E-state index contributed by atoms with van der Waals surface area (Å²) in [7, 11) is 0. The molecule has 1 fully saturated rings. The molecule has 0 atom stereocenters. The smallest absolute Gasteiger partial charge is 0.419 e. The summed E-state index contributed by atoms with van der Waals surface area (Å²) in [6.07, 6.45) is -0.539. The maximum absolute atomic E-state index is 13.5. The van der Waals surface area contributed by atoms with Crippen molar-refractivity contribution in [1.29, 1.82) is 0 Å². The molecule has 8 nitrogen and oxygen atoms in total. The number of ketones is 1. The molecular formula is C27H27F5N4O4S. The Morgan fingerprint density at radius 1 is 1.12 bits per heavy atom. The molecule has 1 aliphatic rings. The monoisotopic (exact) mass is 598 g/mol. The molecule has 2 aromatic heterocycles. The number of anilines is 1. The lowest BCUT2D eigenvalue weighted by atomic mass is 9.97. The Morgan fingerprint density at radius 3 is 2.44 bits per heavy atom. The number of aromatic nitrogens is 3. The molecule has 41 heavy (non-hydrogen) atoms. The molecule has 4 rings (SSSR count). The van der Waals surface area contributed by atoms with Crippen LogP contribution in [0.5, 0.6) is 5.75 Å². The van der Waals surface area contributed by atoms with Crippen LogP contribution in [0.1, 0.15) is 52.6 Å². The Hall–Kier alpha value is -3.68. The summed E-state index contributed by atoms with van der Waals surface area (Å²) >= 11 is 1.18. The average Bonchev–Trinajstić information content (AvgIpc) is 3.35. The van der Waals surface area contributed by atoms with Crippen molar-refractivity contribution >= 4 is 28.9 Å². The van der Waals surface area contributed by atoms with Crippen LogP contribution in [0.4, 0.5) is 27.8 Å². The molecule has 1 aromatic carbocycles. The molecule has 0 aliphatic carbocycles. The Morgan fingerprint density at radius 2 is 1.85 bits per heavy atom. The third-order valence-electron chi connectivity index (χ3n) is 6.51. The zero-order valence-electron chi connectivity index (χ0n) is 22.2. The van der Waals surface area contributed by atoms with Crippen LogP contribution in [0.15, 0.2) is 30.6 Å². The maximum Gasteiger partial charge on any atom is 0.419 e. The standard InChI is InChI=1S/C27H27F5N4O4S/c1-3-21-24(16-5-6-20(40-26(28)29)17(11-16)27(30,31)32)35-23(41-21)12-19(37)18-13-34-22(14-33-18)36-9-7-15(8-10-36)25(38)39-4-2/h5-6,11,13-15,26H,3-4,7-10,12H2,1-2H3. The van der Waals surface area contributed by atoms with Crippen molar-refractivity contribution in [2.75, 3.05) is 24.6 Å². The predicted molar refractivity (Wildman–Crippen MR) is 140 cm³/mol. The summed E-state index contributed by atoms with van der Waals surface area (Å²) in [6.45, 7) is 1.68. The van der Waals surface area contributed by atoms with Gasteiger partial charge in [-0.15, -0.1) is 11.3 Å². The second-order valence-corrected chi connectivity index (χ2v) is 10.4. The van der Waals surface area contributed by atoms with Gasteiger partial charge in [-0.3, -0.25) is 9.59 Å². The van der Waals surface area contributed by atoms with Gasteiger partial charge in [-0.25, -0.2) is 15.0 Å². The molecule has 1 saturated heterocycles. The minimum absolute atomic E-state index is 0.0709. The van der Waals surface area contributed by atoms with Gasteiger partial charge in [0.1, 0.15) is 22.3 Å². The number of hydrogen-bond acceptors (Lipinski definition) is 9. The van der Waals surface area contributed by atoms with E-state index in [9.17, 15) is 31.5 Å². The van der Waals surface area contributed by atoms with E-state index in [0.29, 0.717) is 54.7 Å². The van der Waals surface area contributed by atoms with Gasteiger partial charge in [0.15, 0.2) is 5.78 Å². The lowest BCUT2D eigenvalue weighted by Gasteiger charge is -2.31. The highest BCUT2D eigenvalue weighted by molar-refractivity contribution is 7.12. The van der Waals surface area contributed by atoms with Crippen LogP contribution in [0.2, 0.25) is 0 Å². The number of alkyl halides is 5. The number of ether oxygens (including phenoxy) is 2. The second-order valence-electron chi connectivity index (χ2n) is 9.19. The van der Waals surface area contributed by atoms with Gasteiger partial charge in [-0.05, 0) is 44.4 Å². The normalized spacial score (nSPS) is 14.4. The molecule has 3 heterocycles. The van der Waals surface area contributed by atoms with Crippen LogP contribution in [-0.4, -0.2) is 53.0 Å². The Kier molecular flexibility index (Phi) is 9.51. The molecule has 0 spiro atoms. The van der Waals surface area contributed by atoms with Crippen LogP contribution in [-0.2, 0) is 28.5 Å². The van der Waals surface area contributed by atoms with E-state index in [1.54, 1.807) is 13.8 Å². The van der Waals surface area contributed by atoms with Crippen molar-refractivity contribution in [3.05, 3.63) is 51.7 Å². The fraction of sp³-hybridized carbons (Fsp3) is 0.444. The van der Waals surface area contributed by atoms with Gasteiger partial charge in [0.05, 0.1) is 42.6 Å². The zero-order valence-corrected chi connectivity index (χ0v) is 23.0. The van der Waals surface area contributed by atoms with Gasteiger partial charge in [0, 0.05) is 23.5 Å². The summed E-state index contributed by atoms with van der Waals surface area (Å²) in [5, 5.41) is 0.371. The number of esters is 1. The number of benzene rings is 1. The molecule has 0 bridgehead atoms. The number of thiazole rings is 1. The fourth-order valence-electron chi connectivity index (χ4n) is 4.50. The number of aryl methyl sites for hydroxylation is 1. The quantitative estimate of drug-likeness (QED) is 0.160. The van der Waals surface area contributed by atoms with E-state index in [-0.39, 0.29) is 41.0 Å². The van der Waals surface area contributed by atoms with Gasteiger partial charge in [0.25, 0.3) is 0 Å². The zero-order chi connectivity index (χ0) is 29.7. The number of piperidine rings is 1. The topological polar surface area (TPSA) is 94.5 Å². The van der Waals surface area contributed by atoms with Gasteiger partial charge >= 0.3 is 18.8 Å². The fourth-order valence-corrected chi connectivity index (χ4v) is 5.53. The first kappa shape index (κ1) is 30.3. The molecule has 0 N–H and O–H groups in total. The number of nitrogens with zero attached hydrogens (tertiary/aromatic N) is 4. The lowest BCUT2D eigenvalue weighted by Crippen LogP contribution is -2.37. The first-order valence-corrected chi connectivity index (χ1v) is 13.7. The van der Waals surface area contributed by atoms with Gasteiger partial charge in [0.2, 0.25) is 0 Å². The van der Waals surface area contributed by atoms with E-state index in [0.717, 1.165) is 12.1 Å². The number of Topliss-reactive ketones (excluding diaryl/α,β-unsaturated/α-hetero) is 1. The summed E-state index contributed by atoms with van der Waals surface area (Å²) in [4.78, 5) is 40.5. The molecule has 0 saturated carbocycles. The van der Waals surface area contributed by atoms with Crippen LogP contribution in [0.3, 0.4) is 0 Å². The minimum atomic E-state index is -4.93. The molecule has 3 aromatic rings. The Labute approximate surface area is 236 Å². The Balaban J connectivity index is 1.46. The molecule has 0 radical (unpaired) electrons. The lowest BCUT2D eigenvalue weighted by molar-refractivity contribution is -0.148. The number of carbonyl (C=O) groups excluding carboxylic acids is 2. The summed E-state index contributed by atoms with van der Waals surface area (Å²) in [5.74, 6) is -1.13. The van der Waals surface area contributed by atoms with Crippen molar-refractivity contribution < 1.29 is 41.0 Å². The van der Waals surface area contributed by atoms with Crippen LogP contribution in [0, 0.1) is 5.92 Å². The summed E-state index contributed by atoms with van der Waals surface area (Å²) in [5.41, 5.74) is -0.926. The predicted octanol–water partition coefficient (Wildman–Crippen LogP) is 5.99. The second kappa shape index (κ2) is 12.9. The van der Waals surface area contributed by atoms with Crippen molar-refractivity contribution in [2.24, 2.45) is 5.92 Å². The van der Waals surface area contributed by atoms with Crippen molar-refractivity contribution in [3.63, 3.8) is 0 Å². The average molecular weight is 599 g/mol. The highest BCUT2D eigenvalue weighted by Crippen LogP contribution is 2.40. The summed E-state index contributed by atoms with van der Waals surface area (Å²) in [6, 6.07) is 2.79. The number of halogens is 5. The van der Waals surface area contributed by atoms with Gasteiger partial charge < -0.3 is 14.4 Å². The van der Waals surface area contributed by atoms with Gasteiger partial charge in [-0.1, -0.05) is 6.92 Å². The first-order valence-electron chi connectivity index (χ1n) is 12.9. The van der Waals surface area contributed by atoms with E-state index in [2.05, 4.69) is 19.7 Å². The van der Waals surface area contributed by atoms with Crippen molar-refractivity contribution in [1.82, 2.24) is 15.0 Å². The van der Waals surface area contributed by atoms with Crippen LogP contribution in [0.25, 0.3) is 11.3 Å². The SMILES string of the molecule is CCOC(=O)C1CCN(c2cnc(C(=O)Cc3nc(-c4ccc(OC(F)F)c(C(F)(F)F)c4)c(CC)s3)cn2)CC1. The molecule has 1 aliphatic heterocycles. The molecule has 14 heteroatoms. The van der Waals surface area contributed by atoms with Gasteiger partial charge in [-0.2, -0.15) is 22.0 Å². The van der Waals surface area contributed by atoms with E-state index >= 15 is 0 Å². The number of hydrogen-bond donors (Lipinski definition) is 0. The van der Waals surface area contributed by atoms with E-state index in [1.807, 2.05) is 4.90 Å². The Bertz CT molecular complexity index is 1370.